The maximum Gasteiger partial charge on any atom is 0.335 e. The van der Waals surface area contributed by atoms with Gasteiger partial charge >= 0.3 is 5.97 Å². The predicted molar refractivity (Wildman–Crippen MR) is 98.5 cm³/mol. The number of benzene rings is 2. The van der Waals surface area contributed by atoms with Crippen LogP contribution in [0.2, 0.25) is 0 Å². The van der Waals surface area contributed by atoms with Crippen LogP contribution in [0.5, 0.6) is 0 Å². The largest absolute Gasteiger partial charge is 0.478 e. The standard InChI is InChI=1S/C22H22FNO2/c1-2-14-6-8-15(9-7-14)21-18(4-3-5-19(21)22(25)26)16-10-11-17(13-24)20(23)12-16/h3-5,10-12,14-15H,2,6-9H2,1H3,(H,25,26). The molecule has 0 aromatic heterocycles. The molecule has 0 saturated heterocycles. The first-order chi connectivity index (χ1) is 12.5. The summed E-state index contributed by atoms with van der Waals surface area (Å²) in [7, 11) is 0. The summed E-state index contributed by atoms with van der Waals surface area (Å²) in [6.07, 6.45) is 5.25. The third kappa shape index (κ3) is 3.48. The molecule has 0 atom stereocenters. The number of hydrogen-bond acceptors (Lipinski definition) is 2. The molecule has 0 radical (unpaired) electrons. The van der Waals surface area contributed by atoms with Gasteiger partial charge < -0.3 is 5.11 Å². The van der Waals surface area contributed by atoms with Crippen LogP contribution in [0.4, 0.5) is 4.39 Å². The van der Waals surface area contributed by atoms with Crippen molar-refractivity contribution in [1.82, 2.24) is 0 Å². The van der Waals surface area contributed by atoms with Gasteiger partial charge in [0.15, 0.2) is 0 Å². The minimum absolute atomic E-state index is 0.00635. The van der Waals surface area contributed by atoms with Crippen molar-refractivity contribution in [3.63, 3.8) is 0 Å². The zero-order valence-corrected chi connectivity index (χ0v) is 14.8. The molecule has 0 amide bonds. The van der Waals surface area contributed by atoms with Gasteiger partial charge in [0.05, 0.1) is 11.1 Å². The molecule has 1 aliphatic rings. The Labute approximate surface area is 153 Å². The molecule has 3 rings (SSSR count). The molecule has 2 aromatic rings. The first-order valence-corrected chi connectivity index (χ1v) is 9.11. The highest BCUT2D eigenvalue weighted by molar-refractivity contribution is 5.92. The lowest BCUT2D eigenvalue weighted by atomic mass is 9.74. The molecule has 0 bridgehead atoms. The number of nitrogens with zero attached hydrogens (tertiary/aromatic N) is 1. The number of hydrogen-bond donors (Lipinski definition) is 1. The molecule has 1 fully saturated rings. The number of carboxylic acid groups (broad SMARTS) is 1. The minimum atomic E-state index is -0.950. The van der Waals surface area contributed by atoms with Gasteiger partial charge in [-0.05, 0) is 72.4 Å². The molecule has 134 valence electrons. The summed E-state index contributed by atoms with van der Waals surface area (Å²) in [4.78, 5) is 11.8. The number of carbonyl (C=O) groups is 1. The van der Waals surface area contributed by atoms with Crippen LogP contribution in [0.3, 0.4) is 0 Å². The summed E-state index contributed by atoms with van der Waals surface area (Å²) in [5.74, 6) is -0.655. The Bertz CT molecular complexity index is 861. The Balaban J connectivity index is 2.09. The summed E-state index contributed by atoms with van der Waals surface area (Å²) in [5, 5.41) is 18.6. The van der Waals surface area contributed by atoms with Crippen LogP contribution in [-0.2, 0) is 0 Å². The van der Waals surface area contributed by atoms with Gasteiger partial charge in [-0.15, -0.1) is 0 Å². The summed E-state index contributed by atoms with van der Waals surface area (Å²) < 4.78 is 14.1. The third-order valence-corrected chi connectivity index (χ3v) is 5.57. The SMILES string of the molecule is CCC1CCC(c2c(C(=O)O)cccc2-c2ccc(C#N)c(F)c2)CC1. The molecule has 4 heteroatoms. The van der Waals surface area contributed by atoms with Gasteiger partial charge in [0.2, 0.25) is 0 Å². The molecule has 3 nitrogen and oxygen atoms in total. The second-order valence-electron chi connectivity index (χ2n) is 7.00. The number of rotatable bonds is 4. The quantitative estimate of drug-likeness (QED) is 0.763. The fourth-order valence-corrected chi connectivity index (χ4v) is 4.08. The van der Waals surface area contributed by atoms with E-state index in [9.17, 15) is 14.3 Å². The van der Waals surface area contributed by atoms with E-state index in [2.05, 4.69) is 6.92 Å². The van der Waals surface area contributed by atoms with E-state index >= 15 is 0 Å². The average molecular weight is 351 g/mol. The van der Waals surface area contributed by atoms with Crippen molar-refractivity contribution in [2.24, 2.45) is 5.92 Å². The fraction of sp³-hybridized carbons (Fsp3) is 0.364. The molecule has 2 aromatic carbocycles. The van der Waals surface area contributed by atoms with Crippen molar-refractivity contribution >= 4 is 5.97 Å². The normalized spacial score (nSPS) is 19.7. The van der Waals surface area contributed by atoms with E-state index in [0.717, 1.165) is 43.2 Å². The van der Waals surface area contributed by atoms with Crippen LogP contribution < -0.4 is 0 Å². The highest BCUT2D eigenvalue weighted by Gasteiger charge is 2.27. The van der Waals surface area contributed by atoms with E-state index in [1.165, 1.54) is 12.1 Å². The van der Waals surface area contributed by atoms with Gasteiger partial charge in [-0.25, -0.2) is 9.18 Å². The van der Waals surface area contributed by atoms with Crippen LogP contribution in [0.1, 0.15) is 66.4 Å². The smallest absolute Gasteiger partial charge is 0.335 e. The molecule has 1 N–H and O–H groups in total. The molecule has 0 aliphatic heterocycles. The van der Waals surface area contributed by atoms with E-state index < -0.39 is 11.8 Å². The zero-order valence-electron chi connectivity index (χ0n) is 14.8. The van der Waals surface area contributed by atoms with Crippen LogP contribution >= 0.6 is 0 Å². The lowest BCUT2D eigenvalue weighted by Gasteiger charge is -2.30. The molecule has 26 heavy (non-hydrogen) atoms. The monoisotopic (exact) mass is 351 g/mol. The fourth-order valence-electron chi connectivity index (χ4n) is 4.08. The van der Waals surface area contributed by atoms with Gasteiger partial charge in [0.1, 0.15) is 11.9 Å². The number of nitriles is 1. The Morgan fingerprint density at radius 3 is 2.54 bits per heavy atom. The maximum atomic E-state index is 14.1. The van der Waals surface area contributed by atoms with Crippen LogP contribution in [0.15, 0.2) is 36.4 Å². The Morgan fingerprint density at radius 1 is 1.23 bits per heavy atom. The highest BCUT2D eigenvalue weighted by Crippen LogP contribution is 2.42. The topological polar surface area (TPSA) is 61.1 Å². The van der Waals surface area contributed by atoms with Crippen molar-refractivity contribution in [2.45, 2.75) is 44.9 Å². The summed E-state index contributed by atoms with van der Waals surface area (Å²) >= 11 is 0. The van der Waals surface area contributed by atoms with Crippen LogP contribution in [0, 0.1) is 23.1 Å². The molecule has 1 saturated carbocycles. The summed E-state index contributed by atoms with van der Waals surface area (Å²) in [6.45, 7) is 2.20. The maximum absolute atomic E-state index is 14.1. The Morgan fingerprint density at radius 2 is 1.96 bits per heavy atom. The van der Waals surface area contributed by atoms with Crippen molar-refractivity contribution < 1.29 is 14.3 Å². The van der Waals surface area contributed by atoms with E-state index in [0.29, 0.717) is 17.0 Å². The molecule has 0 heterocycles. The van der Waals surface area contributed by atoms with Gasteiger partial charge in [0.25, 0.3) is 0 Å². The van der Waals surface area contributed by atoms with Crippen molar-refractivity contribution in [2.75, 3.05) is 0 Å². The number of carboxylic acids is 1. The average Bonchev–Trinajstić information content (AvgIpc) is 2.67. The third-order valence-electron chi connectivity index (χ3n) is 5.57. The van der Waals surface area contributed by atoms with Gasteiger partial charge in [-0.1, -0.05) is 31.5 Å². The van der Waals surface area contributed by atoms with E-state index in [1.54, 1.807) is 18.2 Å². The number of halogens is 1. The first kappa shape index (κ1) is 18.1. The summed E-state index contributed by atoms with van der Waals surface area (Å²) in [6, 6.07) is 11.5. The summed E-state index contributed by atoms with van der Waals surface area (Å²) in [5.41, 5.74) is 2.48. The van der Waals surface area contributed by atoms with Gasteiger partial charge in [0, 0.05) is 0 Å². The van der Waals surface area contributed by atoms with E-state index in [-0.39, 0.29) is 11.5 Å². The van der Waals surface area contributed by atoms with E-state index in [1.807, 2.05) is 12.1 Å². The number of aromatic carboxylic acids is 1. The molecule has 1 aliphatic carbocycles. The van der Waals surface area contributed by atoms with E-state index in [4.69, 9.17) is 5.26 Å². The van der Waals surface area contributed by atoms with Gasteiger partial charge in [-0.2, -0.15) is 5.26 Å². The Hall–Kier alpha value is -2.67. The first-order valence-electron chi connectivity index (χ1n) is 9.11. The highest BCUT2D eigenvalue weighted by atomic mass is 19.1. The molecular formula is C22H22FNO2. The molecule has 0 unspecified atom stereocenters. The van der Waals surface area contributed by atoms with Crippen LogP contribution in [-0.4, -0.2) is 11.1 Å². The van der Waals surface area contributed by atoms with Crippen molar-refractivity contribution in [3.05, 3.63) is 58.9 Å². The molecule has 0 spiro atoms. The van der Waals surface area contributed by atoms with Crippen LogP contribution in [0.25, 0.3) is 11.1 Å². The second-order valence-corrected chi connectivity index (χ2v) is 7.00. The van der Waals surface area contributed by atoms with Crippen molar-refractivity contribution in [3.8, 4) is 17.2 Å². The van der Waals surface area contributed by atoms with Crippen molar-refractivity contribution in [1.29, 1.82) is 5.26 Å². The lowest BCUT2D eigenvalue weighted by molar-refractivity contribution is 0.0694. The lowest BCUT2D eigenvalue weighted by Crippen LogP contribution is -2.16. The molecular weight excluding hydrogens is 329 g/mol. The predicted octanol–water partition coefficient (Wildman–Crippen LogP) is 5.75. The second kappa shape index (κ2) is 7.70. The zero-order chi connectivity index (χ0) is 18.7. The minimum Gasteiger partial charge on any atom is -0.478 e. The Kier molecular flexibility index (Phi) is 5.37. The van der Waals surface area contributed by atoms with Gasteiger partial charge in [-0.3, -0.25) is 0 Å².